The molecule has 1 aromatic heterocycles. The van der Waals surface area contributed by atoms with Gasteiger partial charge in [0.1, 0.15) is 5.69 Å². The molecule has 3 rings (SSSR count). The molecule has 0 unspecified atom stereocenters. The third-order valence-corrected chi connectivity index (χ3v) is 6.07. The van der Waals surface area contributed by atoms with Crippen molar-refractivity contribution < 1.29 is 9.72 Å². The van der Waals surface area contributed by atoms with Gasteiger partial charge in [-0.15, -0.1) is 0 Å². The Morgan fingerprint density at radius 1 is 1.31 bits per heavy atom. The van der Waals surface area contributed by atoms with E-state index in [1.54, 1.807) is 41.8 Å². The van der Waals surface area contributed by atoms with Gasteiger partial charge in [-0.05, 0) is 43.0 Å². The van der Waals surface area contributed by atoms with Crippen LogP contribution in [-0.2, 0) is 11.3 Å². The number of thioether (sulfide) groups is 1. The number of fused-ring (bicyclic) bond motifs is 1. The normalized spacial score (nSPS) is 11.2. The standard InChI is InChI=1S/C22H23ClN4O4S/c1-13(2)9-10-26-21(29)16-8-7-15(23)11-17(16)24-22(26)32-12-19(28)25-20-14(3)5-4-6-18(20)27(30)31/h4-8,11,13H,9-10,12H2,1-3H3,(H,25,28). The first kappa shape index (κ1) is 23.7. The molecule has 0 aliphatic rings. The fourth-order valence-electron chi connectivity index (χ4n) is 3.14. The minimum absolute atomic E-state index is 0.0638. The third kappa shape index (κ3) is 5.46. The number of hydrogen-bond acceptors (Lipinski definition) is 6. The Morgan fingerprint density at radius 3 is 2.75 bits per heavy atom. The van der Waals surface area contributed by atoms with Crippen LogP contribution in [0.15, 0.2) is 46.3 Å². The van der Waals surface area contributed by atoms with Gasteiger partial charge in [-0.25, -0.2) is 4.98 Å². The van der Waals surface area contributed by atoms with E-state index in [1.165, 1.54) is 6.07 Å². The Kier molecular flexibility index (Phi) is 7.52. The SMILES string of the molecule is Cc1cccc([N+](=O)[O-])c1NC(=O)CSc1nc2cc(Cl)ccc2c(=O)n1CCC(C)C. The second kappa shape index (κ2) is 10.1. The van der Waals surface area contributed by atoms with Crippen LogP contribution >= 0.6 is 23.4 Å². The molecule has 10 heteroatoms. The van der Waals surface area contributed by atoms with Crippen LogP contribution in [0.5, 0.6) is 0 Å². The average molecular weight is 475 g/mol. The molecule has 0 atom stereocenters. The maximum Gasteiger partial charge on any atom is 0.293 e. The predicted octanol–water partition coefficient (Wildman–Crippen LogP) is 5.04. The number of hydrogen-bond donors (Lipinski definition) is 1. The van der Waals surface area contributed by atoms with Crippen LogP contribution in [0.25, 0.3) is 10.9 Å². The van der Waals surface area contributed by atoms with Gasteiger partial charge in [0, 0.05) is 17.6 Å². The zero-order valence-corrected chi connectivity index (χ0v) is 19.5. The summed E-state index contributed by atoms with van der Waals surface area (Å²) in [5, 5.41) is 15.2. The van der Waals surface area contributed by atoms with Gasteiger partial charge in [0.25, 0.3) is 11.2 Å². The molecule has 3 aromatic rings. The number of nitro groups is 1. The van der Waals surface area contributed by atoms with Gasteiger partial charge >= 0.3 is 0 Å². The number of nitro benzene ring substituents is 1. The quantitative estimate of drug-likeness (QED) is 0.212. The second-order valence-corrected chi connectivity index (χ2v) is 9.14. The second-order valence-electron chi connectivity index (χ2n) is 7.76. The minimum Gasteiger partial charge on any atom is -0.319 e. The first-order valence-corrected chi connectivity index (χ1v) is 11.4. The number of amides is 1. The first-order chi connectivity index (χ1) is 15.2. The van der Waals surface area contributed by atoms with Gasteiger partial charge in [-0.1, -0.05) is 49.3 Å². The molecule has 0 spiro atoms. The van der Waals surface area contributed by atoms with Crippen molar-refractivity contribution in [2.45, 2.75) is 38.9 Å². The summed E-state index contributed by atoms with van der Waals surface area (Å²) in [5.41, 5.74) is 0.851. The summed E-state index contributed by atoms with van der Waals surface area (Å²) in [7, 11) is 0. The van der Waals surface area contributed by atoms with E-state index in [2.05, 4.69) is 24.1 Å². The van der Waals surface area contributed by atoms with Gasteiger partial charge in [0.2, 0.25) is 5.91 Å². The lowest BCUT2D eigenvalue weighted by Crippen LogP contribution is -2.25. The lowest BCUT2D eigenvalue weighted by atomic mass is 10.1. The topological polar surface area (TPSA) is 107 Å². The van der Waals surface area contributed by atoms with Crippen molar-refractivity contribution >= 4 is 51.5 Å². The highest BCUT2D eigenvalue weighted by atomic mass is 35.5. The van der Waals surface area contributed by atoms with Crippen LogP contribution in [0.1, 0.15) is 25.8 Å². The van der Waals surface area contributed by atoms with Crippen molar-refractivity contribution in [2.75, 3.05) is 11.1 Å². The Morgan fingerprint density at radius 2 is 2.06 bits per heavy atom. The molecule has 2 aromatic carbocycles. The van der Waals surface area contributed by atoms with E-state index >= 15 is 0 Å². The fraction of sp³-hybridized carbons (Fsp3) is 0.318. The van der Waals surface area contributed by atoms with E-state index in [1.807, 2.05) is 0 Å². The van der Waals surface area contributed by atoms with E-state index in [0.717, 1.165) is 18.2 Å². The van der Waals surface area contributed by atoms with E-state index in [9.17, 15) is 19.7 Å². The van der Waals surface area contributed by atoms with Gasteiger partial charge in [0.05, 0.1) is 21.6 Å². The molecule has 0 saturated carbocycles. The largest absolute Gasteiger partial charge is 0.319 e. The van der Waals surface area contributed by atoms with E-state index in [-0.39, 0.29) is 22.7 Å². The summed E-state index contributed by atoms with van der Waals surface area (Å²) in [6.45, 7) is 6.28. The van der Waals surface area contributed by atoms with Gasteiger partial charge in [0.15, 0.2) is 5.16 Å². The lowest BCUT2D eigenvalue weighted by Gasteiger charge is -2.14. The maximum atomic E-state index is 13.1. The Hall–Kier alpha value is -2.91. The number of halogens is 1. The Balaban J connectivity index is 1.88. The molecule has 0 bridgehead atoms. The highest BCUT2D eigenvalue weighted by molar-refractivity contribution is 7.99. The molecule has 1 N–H and O–H groups in total. The molecule has 1 amide bonds. The molecule has 0 saturated heterocycles. The van der Waals surface area contributed by atoms with Crippen molar-refractivity contribution in [1.29, 1.82) is 0 Å². The van der Waals surface area contributed by atoms with Crippen LogP contribution in [-0.4, -0.2) is 26.1 Å². The van der Waals surface area contributed by atoms with Gasteiger partial charge in [-0.2, -0.15) is 0 Å². The number of carbonyl (C=O) groups is 1. The minimum atomic E-state index is -0.534. The van der Waals surface area contributed by atoms with E-state index < -0.39 is 10.8 Å². The van der Waals surface area contributed by atoms with Crippen molar-refractivity contribution in [3.63, 3.8) is 0 Å². The number of benzene rings is 2. The van der Waals surface area contributed by atoms with Crippen molar-refractivity contribution in [2.24, 2.45) is 5.92 Å². The Bertz CT molecular complexity index is 1240. The van der Waals surface area contributed by atoms with Crippen LogP contribution in [0.3, 0.4) is 0 Å². The van der Waals surface area contributed by atoms with E-state index in [0.29, 0.717) is 39.1 Å². The number of rotatable bonds is 8. The summed E-state index contributed by atoms with van der Waals surface area (Å²) >= 11 is 7.17. The molecule has 1 heterocycles. The van der Waals surface area contributed by atoms with Crippen LogP contribution in [0.2, 0.25) is 5.02 Å². The summed E-state index contributed by atoms with van der Waals surface area (Å²) in [4.78, 5) is 41.0. The number of para-hydroxylation sites is 1. The molecule has 8 nitrogen and oxygen atoms in total. The highest BCUT2D eigenvalue weighted by Crippen LogP contribution is 2.28. The monoisotopic (exact) mass is 474 g/mol. The molecule has 0 fully saturated rings. The summed E-state index contributed by atoms with van der Waals surface area (Å²) in [6.07, 6.45) is 0.774. The van der Waals surface area contributed by atoms with Crippen molar-refractivity contribution in [3.05, 3.63) is 67.5 Å². The number of anilines is 1. The zero-order chi connectivity index (χ0) is 23.4. The number of carbonyl (C=O) groups excluding carboxylic acids is 1. The highest BCUT2D eigenvalue weighted by Gasteiger charge is 2.19. The zero-order valence-electron chi connectivity index (χ0n) is 17.9. The van der Waals surface area contributed by atoms with Gasteiger partial charge in [-0.3, -0.25) is 24.3 Å². The van der Waals surface area contributed by atoms with Crippen molar-refractivity contribution in [3.8, 4) is 0 Å². The molecule has 0 radical (unpaired) electrons. The third-order valence-electron chi connectivity index (χ3n) is 4.86. The first-order valence-electron chi connectivity index (χ1n) is 10.0. The molecule has 32 heavy (non-hydrogen) atoms. The number of nitrogens with zero attached hydrogens (tertiary/aromatic N) is 3. The average Bonchev–Trinajstić information content (AvgIpc) is 2.72. The van der Waals surface area contributed by atoms with Crippen LogP contribution < -0.4 is 10.9 Å². The summed E-state index contributed by atoms with van der Waals surface area (Å²) in [6, 6.07) is 9.51. The van der Waals surface area contributed by atoms with Crippen LogP contribution in [0, 0.1) is 23.0 Å². The number of nitrogens with one attached hydrogen (secondary N) is 1. The predicted molar refractivity (Wildman–Crippen MR) is 128 cm³/mol. The number of aryl methyl sites for hydroxylation is 1. The molecule has 168 valence electrons. The molecule has 0 aliphatic carbocycles. The number of aromatic nitrogens is 2. The smallest absolute Gasteiger partial charge is 0.293 e. The summed E-state index contributed by atoms with van der Waals surface area (Å²) in [5.74, 6) is -0.111. The fourth-order valence-corrected chi connectivity index (χ4v) is 4.13. The van der Waals surface area contributed by atoms with Gasteiger partial charge < -0.3 is 5.32 Å². The Labute approximate surface area is 194 Å². The van der Waals surface area contributed by atoms with Crippen LogP contribution in [0.4, 0.5) is 11.4 Å². The molecule has 0 aliphatic heterocycles. The van der Waals surface area contributed by atoms with E-state index in [4.69, 9.17) is 11.6 Å². The van der Waals surface area contributed by atoms with Crippen molar-refractivity contribution in [1.82, 2.24) is 9.55 Å². The molecular weight excluding hydrogens is 452 g/mol. The maximum absolute atomic E-state index is 13.1. The lowest BCUT2D eigenvalue weighted by molar-refractivity contribution is -0.384. The molecular formula is C22H23ClN4O4S. The summed E-state index contributed by atoms with van der Waals surface area (Å²) < 4.78 is 1.57.